The maximum atomic E-state index is 11.1. The Morgan fingerprint density at radius 1 is 1.43 bits per heavy atom. The third-order valence-corrected chi connectivity index (χ3v) is 5.31. The summed E-state index contributed by atoms with van der Waals surface area (Å²) in [4.78, 5) is 10.9. The Hall–Kier alpha value is -0.501. The summed E-state index contributed by atoms with van der Waals surface area (Å²) in [5, 5.41) is -0.201. The number of carbonyl (C=O) groups excluding carboxylic acids is 1. The Bertz CT molecular complexity index is 302. The van der Waals surface area contributed by atoms with Gasteiger partial charge in [0.2, 0.25) is 0 Å². The van der Waals surface area contributed by atoms with Crippen LogP contribution in [0, 0.1) is 0 Å². The molecule has 2 atom stereocenters. The van der Waals surface area contributed by atoms with Gasteiger partial charge in [-0.15, -0.1) is 0 Å². The van der Waals surface area contributed by atoms with Crippen molar-refractivity contribution in [3.8, 4) is 0 Å². The molecule has 0 aliphatic rings. The van der Waals surface area contributed by atoms with Crippen LogP contribution >= 0.6 is 11.6 Å². The van der Waals surface area contributed by atoms with Crippen LogP contribution in [-0.2, 0) is 4.79 Å². The number of hydrogen-bond acceptors (Lipinski definition) is 1. The number of benzene rings is 1. The van der Waals surface area contributed by atoms with Crippen LogP contribution in [0.25, 0.3) is 0 Å². The second kappa shape index (κ2) is 5.40. The molecule has 1 rings (SSSR count). The fourth-order valence-corrected chi connectivity index (χ4v) is 3.33. The predicted molar refractivity (Wildman–Crippen MR) is 60.1 cm³/mol. The van der Waals surface area contributed by atoms with Crippen LogP contribution in [0.15, 0.2) is 30.3 Å². The summed E-state index contributed by atoms with van der Waals surface area (Å²) in [7, 11) is 0. The molecule has 0 heterocycles. The van der Waals surface area contributed by atoms with Crippen molar-refractivity contribution >= 4 is 36.9 Å². The quantitative estimate of drug-likeness (QED) is 0.645. The Kier molecular flexibility index (Phi) is 4.46. The Morgan fingerprint density at radius 3 is 2.43 bits per heavy atom. The fraction of sp³-hybridized carbons (Fsp3) is 0.300. The van der Waals surface area contributed by atoms with Crippen molar-refractivity contribution in [3.05, 3.63) is 30.3 Å². The zero-order valence-corrected chi connectivity index (χ0v) is 10.3. The molecular formula is C10H12ClNOSe. The average molecular weight is 277 g/mol. The van der Waals surface area contributed by atoms with Gasteiger partial charge in [-0.25, -0.2) is 0 Å². The van der Waals surface area contributed by atoms with E-state index in [-0.39, 0.29) is 31.1 Å². The van der Waals surface area contributed by atoms with Crippen LogP contribution in [0.5, 0.6) is 0 Å². The van der Waals surface area contributed by atoms with Crippen LogP contribution < -0.4 is 10.2 Å². The predicted octanol–water partition coefficient (Wildman–Crippen LogP) is 0.917. The number of amides is 1. The molecule has 1 aromatic rings. The standard InChI is InChI=1S/C10H12ClNOSe/c1-7(11)9(10(12)13)14-8-5-3-2-4-6-8/h2-7,9H,1H3,(H2,12,13). The van der Waals surface area contributed by atoms with Gasteiger partial charge in [0.15, 0.2) is 0 Å². The van der Waals surface area contributed by atoms with E-state index >= 15 is 0 Å². The van der Waals surface area contributed by atoms with E-state index in [9.17, 15) is 4.79 Å². The summed E-state index contributed by atoms with van der Waals surface area (Å²) < 4.78 is 1.15. The summed E-state index contributed by atoms with van der Waals surface area (Å²) in [6, 6.07) is 9.84. The van der Waals surface area contributed by atoms with Gasteiger partial charge in [0.25, 0.3) is 0 Å². The molecule has 2 nitrogen and oxygen atoms in total. The van der Waals surface area contributed by atoms with Crippen LogP contribution in [0.3, 0.4) is 0 Å². The number of primary amides is 1. The summed E-state index contributed by atoms with van der Waals surface area (Å²) >= 11 is 5.93. The van der Waals surface area contributed by atoms with E-state index in [2.05, 4.69) is 0 Å². The molecule has 4 heteroatoms. The van der Waals surface area contributed by atoms with Crippen molar-refractivity contribution in [1.29, 1.82) is 0 Å². The van der Waals surface area contributed by atoms with Crippen molar-refractivity contribution in [2.24, 2.45) is 5.73 Å². The first kappa shape index (κ1) is 11.6. The van der Waals surface area contributed by atoms with Crippen molar-refractivity contribution in [2.75, 3.05) is 0 Å². The van der Waals surface area contributed by atoms with E-state index in [1.807, 2.05) is 37.3 Å². The zero-order chi connectivity index (χ0) is 10.6. The molecule has 0 bridgehead atoms. The molecule has 1 amide bonds. The number of nitrogens with two attached hydrogens (primary N) is 1. The van der Waals surface area contributed by atoms with E-state index in [0.717, 1.165) is 4.46 Å². The Balaban J connectivity index is 2.70. The molecule has 0 radical (unpaired) electrons. The first-order valence-electron chi connectivity index (χ1n) is 4.26. The zero-order valence-electron chi connectivity index (χ0n) is 7.81. The molecule has 2 unspecified atom stereocenters. The Morgan fingerprint density at radius 2 is 2.00 bits per heavy atom. The molecule has 0 aliphatic heterocycles. The van der Waals surface area contributed by atoms with Crippen molar-refractivity contribution in [3.63, 3.8) is 0 Å². The third-order valence-electron chi connectivity index (χ3n) is 1.70. The van der Waals surface area contributed by atoms with Gasteiger partial charge in [-0.3, -0.25) is 0 Å². The molecule has 0 saturated carbocycles. The van der Waals surface area contributed by atoms with Crippen LogP contribution in [0.1, 0.15) is 6.92 Å². The Labute approximate surface area is 95.0 Å². The van der Waals surface area contributed by atoms with Crippen molar-refractivity contribution in [1.82, 2.24) is 0 Å². The molecule has 0 aliphatic carbocycles. The number of hydrogen-bond donors (Lipinski definition) is 1. The summed E-state index contributed by atoms with van der Waals surface area (Å²) in [5.74, 6) is -0.309. The second-order valence-corrected chi connectivity index (χ2v) is 6.17. The number of halogens is 1. The van der Waals surface area contributed by atoms with Gasteiger partial charge in [-0.1, -0.05) is 0 Å². The topological polar surface area (TPSA) is 43.1 Å². The monoisotopic (exact) mass is 277 g/mol. The molecule has 14 heavy (non-hydrogen) atoms. The van der Waals surface area contributed by atoms with E-state index in [1.54, 1.807) is 0 Å². The maximum absolute atomic E-state index is 11.1. The van der Waals surface area contributed by atoms with Gasteiger partial charge < -0.3 is 0 Å². The van der Waals surface area contributed by atoms with Gasteiger partial charge in [0.05, 0.1) is 0 Å². The van der Waals surface area contributed by atoms with Crippen LogP contribution in [-0.4, -0.2) is 26.2 Å². The summed E-state index contributed by atoms with van der Waals surface area (Å²) in [6.45, 7) is 1.81. The normalized spacial score (nSPS) is 14.7. The SMILES string of the molecule is CC(Cl)C([Se]c1ccccc1)C(N)=O. The first-order valence-corrected chi connectivity index (χ1v) is 6.54. The molecule has 0 spiro atoms. The van der Waals surface area contributed by atoms with Crippen molar-refractivity contribution in [2.45, 2.75) is 17.1 Å². The third kappa shape index (κ3) is 3.33. The molecular weight excluding hydrogens is 265 g/mol. The molecule has 76 valence electrons. The number of rotatable bonds is 4. The van der Waals surface area contributed by atoms with Gasteiger partial charge in [0, 0.05) is 0 Å². The van der Waals surface area contributed by atoms with E-state index < -0.39 is 0 Å². The minimum absolute atomic E-state index is 0.0221. The van der Waals surface area contributed by atoms with Gasteiger partial charge in [0.1, 0.15) is 0 Å². The first-order chi connectivity index (χ1) is 6.61. The van der Waals surface area contributed by atoms with E-state index in [0.29, 0.717) is 0 Å². The molecule has 0 saturated heterocycles. The molecule has 0 aromatic heterocycles. The average Bonchev–Trinajstić information content (AvgIpc) is 2.15. The number of carbonyl (C=O) groups is 1. The van der Waals surface area contributed by atoms with Gasteiger partial charge >= 0.3 is 94.9 Å². The molecule has 0 fully saturated rings. The van der Waals surface area contributed by atoms with Crippen LogP contribution in [0.4, 0.5) is 0 Å². The van der Waals surface area contributed by atoms with Crippen LogP contribution in [0.2, 0.25) is 4.82 Å². The van der Waals surface area contributed by atoms with Crippen molar-refractivity contribution < 1.29 is 4.79 Å². The molecule has 1 aromatic carbocycles. The minimum atomic E-state index is -0.309. The second-order valence-electron chi connectivity index (χ2n) is 2.93. The van der Waals surface area contributed by atoms with E-state index in [4.69, 9.17) is 17.3 Å². The fourth-order valence-electron chi connectivity index (χ4n) is 1.02. The number of alkyl halides is 1. The van der Waals surface area contributed by atoms with Gasteiger partial charge in [-0.2, -0.15) is 0 Å². The van der Waals surface area contributed by atoms with Gasteiger partial charge in [-0.05, 0) is 0 Å². The van der Waals surface area contributed by atoms with E-state index in [1.165, 1.54) is 0 Å². The summed E-state index contributed by atoms with van der Waals surface area (Å²) in [6.07, 6.45) is 0. The summed E-state index contributed by atoms with van der Waals surface area (Å²) in [5.41, 5.74) is 5.28. The molecule has 2 N–H and O–H groups in total.